The molecule has 436 valence electrons. The Hall–Kier alpha value is -4.45. The van der Waals surface area contributed by atoms with E-state index in [4.69, 9.17) is 14.2 Å². The summed E-state index contributed by atoms with van der Waals surface area (Å²) in [5, 5.41) is 0. The fourth-order valence-corrected chi connectivity index (χ4v) is 8.44. The second-order valence-electron chi connectivity index (χ2n) is 20.5. The Morgan fingerprint density at radius 3 is 0.831 bits per heavy atom. The third-order valence-corrected chi connectivity index (χ3v) is 13.1. The van der Waals surface area contributed by atoms with Gasteiger partial charge in [-0.2, -0.15) is 0 Å². The largest absolute Gasteiger partial charge is 0.462 e. The molecule has 0 aliphatic rings. The van der Waals surface area contributed by atoms with Gasteiger partial charge in [-0.15, -0.1) is 0 Å². The molecule has 77 heavy (non-hydrogen) atoms. The van der Waals surface area contributed by atoms with Crippen molar-refractivity contribution in [1.82, 2.24) is 0 Å². The van der Waals surface area contributed by atoms with Crippen LogP contribution in [0.1, 0.15) is 278 Å². The van der Waals surface area contributed by atoms with Crippen LogP contribution in [0.2, 0.25) is 0 Å². The smallest absolute Gasteiger partial charge is 0.306 e. The van der Waals surface area contributed by atoms with Gasteiger partial charge in [0.25, 0.3) is 0 Å². The van der Waals surface area contributed by atoms with Crippen LogP contribution < -0.4 is 0 Å². The van der Waals surface area contributed by atoms with Gasteiger partial charge >= 0.3 is 17.9 Å². The van der Waals surface area contributed by atoms with Crippen LogP contribution in [-0.2, 0) is 28.6 Å². The lowest BCUT2D eigenvalue weighted by Gasteiger charge is -2.18. The zero-order valence-electron chi connectivity index (χ0n) is 49.9. The maximum atomic E-state index is 12.9. The normalized spacial score (nSPS) is 13.0. The SMILES string of the molecule is CC/C=C\C/C=C\C/C=C\C/C=C\C/C=C\CCCC(=O)OC(COC(=O)CCCCCCC/C=C\C/C=C\CCCCC)COC(=O)CCCCCCCCCCCCCCCC/C=C\C/C=C\C/C=C\C/C=C\CC. The lowest BCUT2D eigenvalue weighted by atomic mass is 10.0. The zero-order valence-corrected chi connectivity index (χ0v) is 49.9. The molecule has 0 saturated carbocycles. The molecule has 0 aromatic heterocycles. The molecule has 0 N–H and O–H groups in total. The van der Waals surface area contributed by atoms with E-state index in [1.807, 2.05) is 0 Å². The Labute approximate surface area is 475 Å². The number of carbonyl (C=O) groups excluding carboxylic acids is 3. The summed E-state index contributed by atoms with van der Waals surface area (Å²) in [6, 6.07) is 0. The number of rotatable bonds is 56. The number of carbonyl (C=O) groups is 3. The summed E-state index contributed by atoms with van der Waals surface area (Å²) in [5.41, 5.74) is 0. The lowest BCUT2D eigenvalue weighted by Crippen LogP contribution is -2.30. The number of esters is 3. The van der Waals surface area contributed by atoms with Crippen LogP contribution in [-0.4, -0.2) is 37.2 Å². The first-order valence-electron chi connectivity index (χ1n) is 31.7. The lowest BCUT2D eigenvalue weighted by molar-refractivity contribution is -0.167. The second-order valence-corrected chi connectivity index (χ2v) is 20.5. The van der Waals surface area contributed by atoms with E-state index in [9.17, 15) is 14.4 Å². The van der Waals surface area contributed by atoms with Gasteiger partial charge in [-0.05, 0) is 128 Å². The fourth-order valence-electron chi connectivity index (χ4n) is 8.44. The van der Waals surface area contributed by atoms with E-state index in [1.165, 1.54) is 103 Å². The van der Waals surface area contributed by atoms with Gasteiger partial charge in [-0.25, -0.2) is 0 Å². The van der Waals surface area contributed by atoms with Crippen molar-refractivity contribution in [3.8, 4) is 0 Å². The molecule has 0 rings (SSSR count). The van der Waals surface area contributed by atoms with Crippen molar-refractivity contribution in [2.75, 3.05) is 13.2 Å². The minimum atomic E-state index is -0.819. The third-order valence-electron chi connectivity index (χ3n) is 13.1. The Kier molecular flexibility index (Phi) is 60.4. The van der Waals surface area contributed by atoms with Gasteiger partial charge in [0.2, 0.25) is 0 Å². The second kappa shape index (κ2) is 64.1. The molecule has 0 aliphatic carbocycles. The van der Waals surface area contributed by atoms with Crippen LogP contribution in [0.25, 0.3) is 0 Å². The molecule has 0 bridgehead atoms. The van der Waals surface area contributed by atoms with E-state index >= 15 is 0 Å². The van der Waals surface area contributed by atoms with Crippen LogP contribution in [0, 0.1) is 0 Å². The topological polar surface area (TPSA) is 78.9 Å². The van der Waals surface area contributed by atoms with Gasteiger partial charge in [-0.1, -0.05) is 264 Å². The minimum absolute atomic E-state index is 0.108. The number of hydrogen-bond donors (Lipinski definition) is 0. The van der Waals surface area contributed by atoms with Crippen molar-refractivity contribution in [3.05, 3.63) is 134 Å². The van der Waals surface area contributed by atoms with Crippen molar-refractivity contribution in [3.63, 3.8) is 0 Å². The van der Waals surface area contributed by atoms with Gasteiger partial charge < -0.3 is 14.2 Å². The molecular formula is C71H116O6. The summed E-state index contributed by atoms with van der Waals surface area (Å²) in [6.45, 7) is 6.34. The molecule has 0 aromatic carbocycles. The standard InChI is InChI=1S/C71H116O6/c1-4-7-10-13-16-19-22-25-28-30-31-32-33-34-35-36-37-38-39-41-43-46-49-52-55-58-61-64-70(73)76-67-68(66-75-69(72)63-60-57-54-51-48-45-42-27-24-21-18-15-12-9-6-3)77-71(74)65-62-59-56-53-50-47-44-40-29-26-23-20-17-14-11-8-5-2/h7-8,10-11,16-21,25-29,31-32,42,44,47,53,56,68H,4-6,9,12-15,22-24,30,33-41,43,45-46,48-52,54-55,57-67H2,1-3H3/b10-7-,11-8-,19-16-,20-17-,21-18-,28-25-,29-26-,32-31-,42-27-,47-44-,56-53-. The van der Waals surface area contributed by atoms with Crippen LogP contribution in [0.4, 0.5) is 0 Å². The highest BCUT2D eigenvalue weighted by atomic mass is 16.6. The molecule has 6 heteroatoms. The average molecular weight is 1070 g/mol. The molecule has 0 aliphatic heterocycles. The van der Waals surface area contributed by atoms with E-state index in [0.29, 0.717) is 19.3 Å². The summed E-state index contributed by atoms with van der Waals surface area (Å²) in [4.78, 5) is 38.3. The number of unbranched alkanes of at least 4 members (excludes halogenated alkanes) is 23. The first kappa shape index (κ1) is 72.5. The molecule has 0 spiro atoms. The monoisotopic (exact) mass is 1060 g/mol. The first-order chi connectivity index (χ1) is 38.0. The molecular weight excluding hydrogens is 949 g/mol. The Morgan fingerprint density at radius 2 is 0.519 bits per heavy atom. The van der Waals surface area contributed by atoms with E-state index in [2.05, 4.69) is 154 Å². The highest BCUT2D eigenvalue weighted by molar-refractivity contribution is 5.71. The number of hydrogen-bond acceptors (Lipinski definition) is 6. The van der Waals surface area contributed by atoms with Crippen molar-refractivity contribution in [2.24, 2.45) is 0 Å². The van der Waals surface area contributed by atoms with Crippen molar-refractivity contribution in [1.29, 1.82) is 0 Å². The van der Waals surface area contributed by atoms with Crippen molar-refractivity contribution in [2.45, 2.75) is 284 Å². The van der Waals surface area contributed by atoms with Gasteiger partial charge in [-0.3, -0.25) is 14.4 Å². The minimum Gasteiger partial charge on any atom is -0.462 e. The van der Waals surface area contributed by atoms with Gasteiger partial charge in [0.05, 0.1) is 0 Å². The molecule has 0 amide bonds. The van der Waals surface area contributed by atoms with Crippen LogP contribution in [0.15, 0.2) is 134 Å². The van der Waals surface area contributed by atoms with Gasteiger partial charge in [0, 0.05) is 19.3 Å². The molecule has 6 nitrogen and oxygen atoms in total. The van der Waals surface area contributed by atoms with Crippen LogP contribution in [0.3, 0.4) is 0 Å². The first-order valence-corrected chi connectivity index (χ1v) is 31.7. The molecule has 0 radical (unpaired) electrons. The molecule has 0 aromatic rings. The van der Waals surface area contributed by atoms with Gasteiger partial charge in [0.15, 0.2) is 6.10 Å². The highest BCUT2D eigenvalue weighted by Gasteiger charge is 2.19. The summed E-state index contributed by atoms with van der Waals surface area (Å²) >= 11 is 0. The van der Waals surface area contributed by atoms with E-state index in [1.54, 1.807) is 0 Å². The molecule has 1 unspecified atom stereocenters. The zero-order chi connectivity index (χ0) is 55.7. The predicted molar refractivity (Wildman–Crippen MR) is 334 cm³/mol. The summed E-state index contributed by atoms with van der Waals surface area (Å²) < 4.78 is 16.9. The Balaban J connectivity index is 4.38. The third kappa shape index (κ3) is 62.3. The average Bonchev–Trinajstić information content (AvgIpc) is 3.43. The summed E-state index contributed by atoms with van der Waals surface area (Å²) in [5.74, 6) is -0.980. The maximum Gasteiger partial charge on any atom is 0.306 e. The van der Waals surface area contributed by atoms with Gasteiger partial charge in [0.1, 0.15) is 13.2 Å². The summed E-state index contributed by atoms with van der Waals surface area (Å²) in [6.07, 6.45) is 90.4. The van der Waals surface area contributed by atoms with Crippen molar-refractivity contribution >= 4 is 17.9 Å². The van der Waals surface area contributed by atoms with E-state index < -0.39 is 6.10 Å². The molecule has 0 heterocycles. The summed E-state index contributed by atoms with van der Waals surface area (Å²) in [7, 11) is 0. The van der Waals surface area contributed by atoms with E-state index in [-0.39, 0.29) is 37.5 Å². The van der Waals surface area contributed by atoms with Crippen LogP contribution in [0.5, 0.6) is 0 Å². The maximum absolute atomic E-state index is 12.9. The number of ether oxygens (including phenoxy) is 3. The molecule has 0 saturated heterocycles. The predicted octanol–water partition coefficient (Wildman–Crippen LogP) is 21.8. The molecule has 0 fully saturated rings. The van der Waals surface area contributed by atoms with E-state index in [0.717, 1.165) is 128 Å². The quantitative estimate of drug-likeness (QED) is 0.0261. The highest BCUT2D eigenvalue weighted by Crippen LogP contribution is 2.15. The molecule has 1 atom stereocenters. The fraction of sp³-hybridized carbons (Fsp3) is 0.648. The Morgan fingerprint density at radius 1 is 0.273 bits per heavy atom. The number of allylic oxidation sites excluding steroid dienone is 22. The van der Waals surface area contributed by atoms with Crippen molar-refractivity contribution < 1.29 is 28.6 Å². The Bertz CT molecular complexity index is 1650. The van der Waals surface area contributed by atoms with Crippen LogP contribution >= 0.6 is 0 Å².